The first-order chi connectivity index (χ1) is 13.4. The molecule has 2 N–H and O–H groups in total. The van der Waals surface area contributed by atoms with E-state index < -0.39 is 5.97 Å². The van der Waals surface area contributed by atoms with Crippen LogP contribution in [0.5, 0.6) is 0 Å². The number of thiocarbonyl (C=S) groups is 1. The minimum absolute atomic E-state index is 0.324. The lowest BCUT2D eigenvalue weighted by molar-refractivity contribution is 0.0603. The van der Waals surface area contributed by atoms with E-state index in [1.807, 2.05) is 37.3 Å². The molecule has 0 radical (unpaired) electrons. The highest BCUT2D eigenvalue weighted by Crippen LogP contribution is 2.40. The number of benzene rings is 2. The number of carbonyl (C=O) groups excluding carboxylic acids is 1. The van der Waals surface area contributed by atoms with Gasteiger partial charge in [-0.15, -0.1) is 11.3 Å². The van der Waals surface area contributed by atoms with Crippen molar-refractivity contribution in [3.8, 4) is 11.1 Å². The van der Waals surface area contributed by atoms with Gasteiger partial charge in [0.05, 0.1) is 17.2 Å². The van der Waals surface area contributed by atoms with Gasteiger partial charge >= 0.3 is 5.97 Å². The predicted octanol–water partition coefficient (Wildman–Crippen LogP) is 6.63. The normalized spacial score (nSPS) is 10.4. The van der Waals surface area contributed by atoms with E-state index in [9.17, 15) is 4.79 Å². The first-order valence-corrected chi connectivity index (χ1v) is 10.2. The van der Waals surface area contributed by atoms with Crippen molar-refractivity contribution in [2.45, 2.75) is 6.92 Å². The lowest BCUT2D eigenvalue weighted by Crippen LogP contribution is -2.20. The maximum atomic E-state index is 12.5. The van der Waals surface area contributed by atoms with Crippen molar-refractivity contribution in [1.82, 2.24) is 0 Å². The summed E-state index contributed by atoms with van der Waals surface area (Å²) in [5.74, 6) is -0.428. The molecule has 0 aliphatic heterocycles. The summed E-state index contributed by atoms with van der Waals surface area (Å²) in [6.07, 6.45) is 0. The summed E-state index contributed by atoms with van der Waals surface area (Å²) >= 11 is 18.8. The molecule has 0 aliphatic rings. The Morgan fingerprint density at radius 1 is 1.07 bits per heavy atom. The molecule has 28 heavy (non-hydrogen) atoms. The molecule has 0 saturated carbocycles. The van der Waals surface area contributed by atoms with Crippen LogP contribution >= 0.6 is 46.8 Å². The van der Waals surface area contributed by atoms with Crippen LogP contribution in [0.15, 0.2) is 48.5 Å². The zero-order chi connectivity index (χ0) is 20.3. The molecule has 0 bridgehead atoms. The molecule has 3 aromatic rings. The Morgan fingerprint density at radius 2 is 1.79 bits per heavy atom. The van der Waals surface area contributed by atoms with Crippen molar-refractivity contribution in [2.75, 3.05) is 17.7 Å². The van der Waals surface area contributed by atoms with Gasteiger partial charge in [0.1, 0.15) is 10.6 Å². The lowest BCUT2D eigenvalue weighted by Gasteiger charge is -2.12. The molecule has 0 spiro atoms. The first-order valence-electron chi connectivity index (χ1n) is 8.21. The number of ether oxygens (including phenoxy) is 1. The standard InChI is InChI=1S/C20H16Cl2N2O2S2/c1-11-16(12-6-4-3-5-7-12)17(19(25)26-2)18(28-11)24-20(27)23-13-8-9-14(21)15(22)10-13/h3-10H,1-2H3,(H2,23,24,27). The quantitative estimate of drug-likeness (QED) is 0.345. The highest BCUT2D eigenvalue weighted by molar-refractivity contribution is 7.80. The number of halogens is 2. The third-order valence-corrected chi connectivity index (χ3v) is 5.90. The fraction of sp³-hybridized carbons (Fsp3) is 0.100. The third kappa shape index (κ3) is 4.47. The minimum atomic E-state index is -0.428. The second-order valence-electron chi connectivity index (χ2n) is 5.80. The molecule has 0 aliphatic carbocycles. The van der Waals surface area contributed by atoms with Crippen molar-refractivity contribution >= 4 is 68.5 Å². The van der Waals surface area contributed by atoms with Crippen molar-refractivity contribution in [1.29, 1.82) is 0 Å². The predicted molar refractivity (Wildman–Crippen MR) is 122 cm³/mol. The van der Waals surface area contributed by atoms with Gasteiger partial charge < -0.3 is 15.4 Å². The van der Waals surface area contributed by atoms with Crippen LogP contribution in [-0.4, -0.2) is 18.2 Å². The second-order valence-corrected chi connectivity index (χ2v) is 8.25. The zero-order valence-corrected chi connectivity index (χ0v) is 18.2. The maximum Gasteiger partial charge on any atom is 0.341 e. The molecule has 2 aromatic carbocycles. The third-order valence-electron chi connectivity index (χ3n) is 3.94. The summed E-state index contributed by atoms with van der Waals surface area (Å²) < 4.78 is 5.01. The van der Waals surface area contributed by atoms with Crippen LogP contribution in [0.3, 0.4) is 0 Å². The molecule has 0 amide bonds. The number of esters is 1. The van der Waals surface area contributed by atoms with Crippen molar-refractivity contribution < 1.29 is 9.53 Å². The van der Waals surface area contributed by atoms with Gasteiger partial charge in [0.25, 0.3) is 0 Å². The van der Waals surface area contributed by atoms with Gasteiger partial charge in [0.15, 0.2) is 5.11 Å². The molecule has 4 nitrogen and oxygen atoms in total. The van der Waals surface area contributed by atoms with E-state index in [-0.39, 0.29) is 0 Å². The smallest absolute Gasteiger partial charge is 0.341 e. The van der Waals surface area contributed by atoms with E-state index in [2.05, 4.69) is 10.6 Å². The highest BCUT2D eigenvalue weighted by atomic mass is 35.5. The fourth-order valence-electron chi connectivity index (χ4n) is 2.72. The van der Waals surface area contributed by atoms with Crippen molar-refractivity contribution in [3.63, 3.8) is 0 Å². The largest absolute Gasteiger partial charge is 0.465 e. The van der Waals surface area contributed by atoms with Crippen LogP contribution in [0.2, 0.25) is 10.0 Å². The molecule has 144 valence electrons. The molecular formula is C20H16Cl2N2O2S2. The van der Waals surface area contributed by atoms with Crippen molar-refractivity contribution in [2.24, 2.45) is 0 Å². The summed E-state index contributed by atoms with van der Waals surface area (Å²) in [5.41, 5.74) is 2.91. The summed E-state index contributed by atoms with van der Waals surface area (Å²) in [7, 11) is 1.36. The molecule has 0 unspecified atom stereocenters. The molecule has 0 saturated heterocycles. The maximum absolute atomic E-state index is 12.5. The number of hydrogen-bond donors (Lipinski definition) is 2. The van der Waals surface area contributed by atoms with Crippen LogP contribution in [0.1, 0.15) is 15.2 Å². The van der Waals surface area contributed by atoms with E-state index in [4.69, 9.17) is 40.2 Å². The molecule has 1 heterocycles. The van der Waals surface area contributed by atoms with E-state index in [1.54, 1.807) is 18.2 Å². The van der Waals surface area contributed by atoms with Crippen LogP contribution in [0.4, 0.5) is 10.7 Å². The molecule has 0 atom stereocenters. The molecule has 8 heteroatoms. The number of rotatable bonds is 4. The van der Waals surface area contributed by atoms with Gasteiger partial charge in [-0.3, -0.25) is 0 Å². The first kappa shape index (κ1) is 20.6. The zero-order valence-electron chi connectivity index (χ0n) is 15.0. The van der Waals surface area contributed by atoms with Gasteiger partial charge in [0.2, 0.25) is 0 Å². The Bertz CT molecular complexity index is 1040. The Morgan fingerprint density at radius 3 is 2.43 bits per heavy atom. The Balaban J connectivity index is 1.92. The Kier molecular flexibility index (Phi) is 6.57. The molecule has 1 aromatic heterocycles. The molecule has 0 fully saturated rings. The number of hydrogen-bond acceptors (Lipinski definition) is 4. The average molecular weight is 451 g/mol. The van der Waals surface area contributed by atoms with Crippen LogP contribution in [0.25, 0.3) is 11.1 Å². The summed E-state index contributed by atoms with van der Waals surface area (Å²) in [6, 6.07) is 14.8. The SMILES string of the molecule is COC(=O)c1c(NC(=S)Nc2ccc(Cl)c(Cl)c2)sc(C)c1-c1ccccc1. The van der Waals surface area contributed by atoms with Gasteiger partial charge in [-0.05, 0) is 42.9 Å². The minimum Gasteiger partial charge on any atom is -0.465 e. The van der Waals surface area contributed by atoms with Crippen molar-refractivity contribution in [3.05, 3.63) is 69.0 Å². The van der Waals surface area contributed by atoms with Gasteiger partial charge in [-0.25, -0.2) is 4.79 Å². The van der Waals surface area contributed by atoms with Gasteiger partial charge in [-0.1, -0.05) is 53.5 Å². The fourth-order valence-corrected chi connectivity index (χ4v) is 4.37. The van der Waals surface area contributed by atoms with Crippen LogP contribution in [0, 0.1) is 6.92 Å². The monoisotopic (exact) mass is 450 g/mol. The topological polar surface area (TPSA) is 50.4 Å². The Labute approximate surface area is 182 Å². The average Bonchev–Trinajstić information content (AvgIpc) is 3.00. The van der Waals surface area contributed by atoms with E-state index in [0.29, 0.717) is 31.4 Å². The second kappa shape index (κ2) is 8.92. The van der Waals surface area contributed by atoms with Gasteiger partial charge in [0, 0.05) is 16.1 Å². The number of nitrogens with one attached hydrogen (secondary N) is 2. The van der Waals surface area contributed by atoms with Crippen LogP contribution < -0.4 is 10.6 Å². The summed E-state index contributed by atoms with van der Waals surface area (Å²) in [5, 5.41) is 7.96. The van der Waals surface area contributed by atoms with E-state index >= 15 is 0 Å². The number of anilines is 2. The van der Waals surface area contributed by atoms with E-state index in [1.165, 1.54) is 18.4 Å². The van der Waals surface area contributed by atoms with E-state index in [0.717, 1.165) is 16.0 Å². The highest BCUT2D eigenvalue weighted by Gasteiger charge is 2.24. The van der Waals surface area contributed by atoms with Crippen LogP contribution in [-0.2, 0) is 4.74 Å². The summed E-state index contributed by atoms with van der Waals surface area (Å²) in [4.78, 5) is 13.5. The molecular weight excluding hydrogens is 435 g/mol. The number of methoxy groups -OCH3 is 1. The Hall–Kier alpha value is -2.12. The molecule has 3 rings (SSSR count). The number of carbonyl (C=O) groups is 1. The van der Waals surface area contributed by atoms with Gasteiger partial charge in [-0.2, -0.15) is 0 Å². The lowest BCUT2D eigenvalue weighted by atomic mass is 10.0. The summed E-state index contributed by atoms with van der Waals surface area (Å²) in [6.45, 7) is 1.96. The number of aryl methyl sites for hydroxylation is 1. The number of thiophene rings is 1.